The molecule has 2 aromatic heterocycles. The standard InChI is InChI=1S/C34H43ClN8O7/c1-2-3-13-30-37-32(35)29(23-49-31(44)21-26(10-6-7-18-36)34(45)48-19-8-9-20-50-43(46)47)42(30)22-24-14-16-25(17-15-24)27-11-4-5-12-28(27)33-38-40-41-39-33/h4-5,11-12,14-17,26H,2-3,6-10,13,18-23,36H2,1H3,(H,38,39,40,41)/t26-/m1/s1. The average Bonchev–Trinajstić information content (AvgIpc) is 3.75. The van der Waals surface area contributed by atoms with Gasteiger partial charge in [0.1, 0.15) is 12.4 Å². The highest BCUT2D eigenvalue weighted by Crippen LogP contribution is 2.30. The lowest BCUT2D eigenvalue weighted by Gasteiger charge is -2.16. The lowest BCUT2D eigenvalue weighted by molar-refractivity contribution is -0.757. The van der Waals surface area contributed by atoms with Crippen LogP contribution in [-0.4, -0.2) is 67.0 Å². The van der Waals surface area contributed by atoms with Gasteiger partial charge in [0.15, 0.2) is 5.15 Å². The number of carbonyl (C=O) groups excluding carboxylic acids is 2. The first-order chi connectivity index (χ1) is 24.3. The summed E-state index contributed by atoms with van der Waals surface area (Å²) in [6.45, 7) is 2.87. The van der Waals surface area contributed by atoms with E-state index in [0.29, 0.717) is 63.1 Å². The summed E-state index contributed by atoms with van der Waals surface area (Å²) < 4.78 is 13.0. The molecule has 268 valence electrons. The van der Waals surface area contributed by atoms with E-state index in [1.165, 1.54) is 0 Å². The van der Waals surface area contributed by atoms with Gasteiger partial charge < -0.3 is 24.6 Å². The normalized spacial score (nSPS) is 11.7. The predicted octanol–water partition coefficient (Wildman–Crippen LogP) is 5.48. The maximum Gasteiger partial charge on any atom is 0.309 e. The molecule has 4 aromatic rings. The second-order valence-electron chi connectivity index (χ2n) is 11.7. The highest BCUT2D eigenvalue weighted by molar-refractivity contribution is 6.30. The van der Waals surface area contributed by atoms with Crippen molar-refractivity contribution in [2.45, 2.75) is 77.9 Å². The van der Waals surface area contributed by atoms with Crippen LogP contribution in [0.3, 0.4) is 0 Å². The van der Waals surface area contributed by atoms with Crippen LogP contribution in [0.4, 0.5) is 0 Å². The zero-order valence-corrected chi connectivity index (χ0v) is 28.8. The van der Waals surface area contributed by atoms with E-state index in [1.807, 2.05) is 53.1 Å². The number of rotatable bonds is 22. The van der Waals surface area contributed by atoms with Gasteiger partial charge in [-0.1, -0.05) is 79.9 Å². The predicted molar refractivity (Wildman–Crippen MR) is 184 cm³/mol. The number of ether oxygens (including phenoxy) is 2. The summed E-state index contributed by atoms with van der Waals surface area (Å²) in [4.78, 5) is 45.1. The SMILES string of the molecule is CCCCc1nc(Cl)c(COC(=O)C[C@@H](CCCCN)C(=O)OCCCCO[N+](=O)[O-])n1Cc1ccc(-c2ccccc2-c2nn[nH]n2)cc1. The number of nitrogens with one attached hydrogen (secondary N) is 1. The molecule has 0 aliphatic rings. The van der Waals surface area contributed by atoms with E-state index in [0.717, 1.165) is 40.9 Å². The molecule has 0 radical (unpaired) electrons. The van der Waals surface area contributed by atoms with Crippen molar-refractivity contribution >= 4 is 23.5 Å². The van der Waals surface area contributed by atoms with Gasteiger partial charge in [-0.3, -0.25) is 9.59 Å². The number of hydrogen-bond donors (Lipinski definition) is 2. The second kappa shape index (κ2) is 19.9. The van der Waals surface area contributed by atoms with Gasteiger partial charge in [-0.05, 0) is 60.6 Å². The Balaban J connectivity index is 1.43. The van der Waals surface area contributed by atoms with Gasteiger partial charge in [0.2, 0.25) is 5.82 Å². The van der Waals surface area contributed by atoms with Gasteiger partial charge in [-0.25, -0.2) is 4.98 Å². The van der Waals surface area contributed by atoms with Crippen LogP contribution < -0.4 is 5.73 Å². The summed E-state index contributed by atoms with van der Waals surface area (Å²) in [7, 11) is 0. The number of nitrogens with two attached hydrogens (primary N) is 1. The van der Waals surface area contributed by atoms with Crippen LogP contribution in [0.2, 0.25) is 5.15 Å². The van der Waals surface area contributed by atoms with E-state index in [4.69, 9.17) is 26.8 Å². The molecule has 1 atom stereocenters. The van der Waals surface area contributed by atoms with E-state index in [-0.39, 0.29) is 31.4 Å². The number of carbonyl (C=O) groups is 2. The van der Waals surface area contributed by atoms with Crippen LogP contribution in [0.15, 0.2) is 48.5 Å². The smallest absolute Gasteiger partial charge is 0.309 e. The number of nitrogens with zero attached hydrogens (tertiary/aromatic N) is 6. The Bertz CT molecular complexity index is 1660. The number of halogens is 1. The van der Waals surface area contributed by atoms with Gasteiger partial charge in [0.25, 0.3) is 5.09 Å². The van der Waals surface area contributed by atoms with Crippen molar-refractivity contribution < 1.29 is 29.0 Å². The quantitative estimate of drug-likeness (QED) is 0.0450. The number of benzene rings is 2. The molecule has 0 fully saturated rings. The van der Waals surface area contributed by atoms with Crippen molar-refractivity contribution in [2.75, 3.05) is 19.8 Å². The fourth-order valence-corrected chi connectivity index (χ4v) is 5.67. The summed E-state index contributed by atoms with van der Waals surface area (Å²) in [6.07, 6.45) is 4.89. The van der Waals surface area contributed by atoms with Gasteiger partial charge >= 0.3 is 11.9 Å². The Labute approximate surface area is 294 Å². The molecular weight excluding hydrogens is 668 g/mol. The van der Waals surface area contributed by atoms with Crippen LogP contribution in [-0.2, 0) is 43.5 Å². The third-order valence-electron chi connectivity index (χ3n) is 8.08. The second-order valence-corrected chi connectivity index (χ2v) is 12.1. The summed E-state index contributed by atoms with van der Waals surface area (Å²) in [6, 6.07) is 16.0. The number of aromatic amines is 1. The lowest BCUT2D eigenvalue weighted by atomic mass is 9.98. The van der Waals surface area contributed by atoms with E-state index in [2.05, 4.69) is 37.4 Å². The molecule has 4 rings (SSSR count). The van der Waals surface area contributed by atoms with Gasteiger partial charge in [0.05, 0.1) is 31.2 Å². The number of esters is 2. The third kappa shape index (κ3) is 11.3. The van der Waals surface area contributed by atoms with Crippen molar-refractivity contribution in [2.24, 2.45) is 11.7 Å². The highest BCUT2D eigenvalue weighted by atomic mass is 35.5. The number of tetrazole rings is 1. The van der Waals surface area contributed by atoms with Crippen molar-refractivity contribution in [3.8, 4) is 22.5 Å². The fraction of sp³-hybridized carbons (Fsp3) is 0.471. The zero-order valence-electron chi connectivity index (χ0n) is 28.1. The van der Waals surface area contributed by atoms with Crippen LogP contribution >= 0.6 is 11.6 Å². The monoisotopic (exact) mass is 710 g/mol. The molecule has 50 heavy (non-hydrogen) atoms. The maximum absolute atomic E-state index is 13.1. The third-order valence-corrected chi connectivity index (χ3v) is 8.38. The molecule has 3 N–H and O–H groups in total. The van der Waals surface area contributed by atoms with Crippen LogP contribution in [0.1, 0.15) is 75.4 Å². The number of aryl methyl sites for hydroxylation is 1. The summed E-state index contributed by atoms with van der Waals surface area (Å²) >= 11 is 6.63. The number of imidazole rings is 1. The molecule has 2 heterocycles. The van der Waals surface area contributed by atoms with Crippen LogP contribution in [0, 0.1) is 16.0 Å². The molecular formula is C34H43ClN8O7. The first-order valence-electron chi connectivity index (χ1n) is 16.8. The Morgan fingerprint density at radius 1 is 1.02 bits per heavy atom. The van der Waals surface area contributed by atoms with E-state index in [1.54, 1.807) is 0 Å². The largest absolute Gasteiger partial charge is 0.465 e. The molecule has 16 heteroatoms. The first kappa shape index (κ1) is 37.9. The van der Waals surface area contributed by atoms with Crippen molar-refractivity contribution in [1.29, 1.82) is 0 Å². The van der Waals surface area contributed by atoms with E-state index < -0.39 is 22.9 Å². The maximum atomic E-state index is 13.1. The van der Waals surface area contributed by atoms with E-state index >= 15 is 0 Å². The molecule has 2 aromatic carbocycles. The number of aromatic nitrogens is 6. The topological polar surface area (TPSA) is 203 Å². The van der Waals surface area contributed by atoms with E-state index in [9.17, 15) is 19.7 Å². The van der Waals surface area contributed by atoms with Gasteiger partial charge in [-0.15, -0.1) is 20.3 Å². The summed E-state index contributed by atoms with van der Waals surface area (Å²) in [5, 5.41) is 24.1. The molecule has 0 spiro atoms. The molecule has 0 saturated heterocycles. The minimum Gasteiger partial charge on any atom is -0.465 e. The van der Waals surface area contributed by atoms with Crippen molar-refractivity contribution in [3.05, 3.63) is 80.9 Å². The average molecular weight is 711 g/mol. The Kier molecular flexibility index (Phi) is 15.1. The van der Waals surface area contributed by atoms with Gasteiger partial charge in [0, 0.05) is 18.5 Å². The van der Waals surface area contributed by atoms with Crippen LogP contribution in [0.25, 0.3) is 22.5 Å². The number of hydrogen-bond acceptors (Lipinski definition) is 12. The Hall–Kier alpha value is -4.89. The number of unbranched alkanes of at least 4 members (excludes halogenated alkanes) is 3. The first-order valence-corrected chi connectivity index (χ1v) is 17.1. The lowest BCUT2D eigenvalue weighted by Crippen LogP contribution is -2.23. The van der Waals surface area contributed by atoms with Crippen molar-refractivity contribution in [1.82, 2.24) is 30.2 Å². The van der Waals surface area contributed by atoms with Crippen molar-refractivity contribution in [3.63, 3.8) is 0 Å². The minimum atomic E-state index is -0.865. The molecule has 15 nitrogen and oxygen atoms in total. The summed E-state index contributed by atoms with van der Waals surface area (Å²) in [5.41, 5.74) is 10.0. The Morgan fingerprint density at radius 3 is 2.48 bits per heavy atom. The molecule has 0 aliphatic heterocycles. The van der Waals surface area contributed by atoms with Gasteiger partial charge in [-0.2, -0.15) is 5.21 Å². The highest BCUT2D eigenvalue weighted by Gasteiger charge is 2.25. The fourth-order valence-electron chi connectivity index (χ4n) is 5.41. The minimum absolute atomic E-state index is 0.0595. The number of H-pyrrole nitrogens is 1. The molecule has 0 bridgehead atoms. The molecule has 0 unspecified atom stereocenters. The Morgan fingerprint density at radius 2 is 1.78 bits per heavy atom. The summed E-state index contributed by atoms with van der Waals surface area (Å²) in [5.74, 6) is -0.506. The molecule has 0 saturated carbocycles. The van der Waals surface area contributed by atoms with Crippen LogP contribution in [0.5, 0.6) is 0 Å². The molecule has 0 amide bonds. The molecule has 0 aliphatic carbocycles. The zero-order chi connectivity index (χ0) is 35.7.